The lowest BCUT2D eigenvalue weighted by atomic mass is 10.1. The Hall–Kier alpha value is -2.01. The molecule has 0 radical (unpaired) electrons. The first-order valence-electron chi connectivity index (χ1n) is 7.37. The molecule has 0 bridgehead atoms. The average molecular weight is 314 g/mol. The molecule has 4 nitrogen and oxygen atoms in total. The van der Waals surface area contributed by atoms with Crippen molar-refractivity contribution in [2.75, 3.05) is 17.6 Å². The van der Waals surface area contributed by atoms with Crippen molar-refractivity contribution in [3.05, 3.63) is 36.5 Å². The monoisotopic (exact) mass is 314 g/mol. The summed E-state index contributed by atoms with van der Waals surface area (Å²) in [6.45, 7) is 2.98. The Morgan fingerprint density at radius 3 is 2.95 bits per heavy atom. The smallest absolute Gasteiger partial charge is 0.143 e. The summed E-state index contributed by atoms with van der Waals surface area (Å²) in [5, 5.41) is 4.26. The second-order valence-corrected chi connectivity index (χ2v) is 6.14. The summed E-state index contributed by atoms with van der Waals surface area (Å²) in [4.78, 5) is 14.8. The maximum Gasteiger partial charge on any atom is 0.143 e. The van der Waals surface area contributed by atoms with Crippen molar-refractivity contribution in [1.29, 1.82) is 0 Å². The maximum atomic E-state index is 10.4. The van der Waals surface area contributed by atoms with Crippen LogP contribution in [-0.4, -0.2) is 29.7 Å². The minimum absolute atomic E-state index is 0.225. The van der Waals surface area contributed by atoms with Crippen molar-refractivity contribution in [2.24, 2.45) is 0 Å². The van der Waals surface area contributed by atoms with E-state index in [1.165, 1.54) is 11.8 Å². The Labute approximate surface area is 134 Å². The summed E-state index contributed by atoms with van der Waals surface area (Å²) in [7, 11) is 0. The van der Waals surface area contributed by atoms with Gasteiger partial charge in [-0.05, 0) is 30.2 Å². The number of fused-ring (bicyclic) bond motifs is 1. The maximum absolute atomic E-state index is 10.4. The predicted molar refractivity (Wildman–Crippen MR) is 89.7 cm³/mol. The standard InChI is InChI=1S/C17H18N2O2S/c1-2-14-11-18-15-5-3-12(9-16(15)21-14)13-4-6-17(19-10-13)22-8-7-20/h3-7,9-10,14,18H,2,8,11H2,1H3. The Morgan fingerprint density at radius 2 is 2.23 bits per heavy atom. The van der Waals surface area contributed by atoms with E-state index in [9.17, 15) is 4.79 Å². The number of nitrogens with zero attached hydrogens (tertiary/aromatic N) is 1. The highest BCUT2D eigenvalue weighted by Crippen LogP contribution is 2.34. The molecule has 0 amide bonds. The zero-order valence-corrected chi connectivity index (χ0v) is 13.2. The van der Waals surface area contributed by atoms with E-state index in [4.69, 9.17) is 4.74 Å². The van der Waals surface area contributed by atoms with Crippen molar-refractivity contribution < 1.29 is 9.53 Å². The molecule has 0 fully saturated rings. The van der Waals surface area contributed by atoms with Gasteiger partial charge in [0.1, 0.15) is 18.1 Å². The van der Waals surface area contributed by atoms with Crippen molar-refractivity contribution in [3.63, 3.8) is 0 Å². The number of hydrogen-bond donors (Lipinski definition) is 1. The van der Waals surface area contributed by atoms with E-state index in [-0.39, 0.29) is 6.10 Å². The van der Waals surface area contributed by atoms with Crippen LogP contribution in [0, 0.1) is 0 Å². The molecule has 1 aromatic heterocycles. The minimum Gasteiger partial charge on any atom is -0.486 e. The molecular weight excluding hydrogens is 296 g/mol. The third kappa shape index (κ3) is 3.25. The Balaban J connectivity index is 1.81. The van der Waals surface area contributed by atoms with Crippen LogP contribution in [0.15, 0.2) is 41.6 Å². The van der Waals surface area contributed by atoms with Gasteiger partial charge in [-0.3, -0.25) is 0 Å². The van der Waals surface area contributed by atoms with E-state index in [0.717, 1.165) is 46.8 Å². The van der Waals surface area contributed by atoms with Gasteiger partial charge in [0.2, 0.25) is 0 Å². The number of nitrogens with one attached hydrogen (secondary N) is 1. The number of ether oxygens (including phenoxy) is 1. The van der Waals surface area contributed by atoms with Gasteiger partial charge < -0.3 is 14.8 Å². The SMILES string of the molecule is CCC1CNc2ccc(-c3ccc(SCC=O)nc3)cc2O1. The molecular formula is C17H18N2O2S. The predicted octanol–water partition coefficient (Wildman–Crippen LogP) is 3.62. The third-order valence-corrected chi connectivity index (χ3v) is 4.46. The van der Waals surface area contributed by atoms with E-state index in [2.05, 4.69) is 29.4 Å². The molecule has 5 heteroatoms. The Kier molecular flexibility index (Phi) is 4.63. The van der Waals surface area contributed by atoms with Crippen molar-refractivity contribution in [2.45, 2.75) is 24.5 Å². The fourth-order valence-electron chi connectivity index (χ4n) is 2.37. The summed E-state index contributed by atoms with van der Waals surface area (Å²) in [6, 6.07) is 10.1. The molecule has 0 saturated carbocycles. The van der Waals surface area contributed by atoms with E-state index in [1.54, 1.807) is 0 Å². The van der Waals surface area contributed by atoms with Crippen LogP contribution >= 0.6 is 11.8 Å². The molecule has 1 aliphatic heterocycles. The first-order chi connectivity index (χ1) is 10.8. The van der Waals surface area contributed by atoms with Crippen LogP contribution in [0.2, 0.25) is 0 Å². The zero-order chi connectivity index (χ0) is 15.4. The van der Waals surface area contributed by atoms with Gasteiger partial charge in [0.05, 0.1) is 23.0 Å². The van der Waals surface area contributed by atoms with Gasteiger partial charge >= 0.3 is 0 Å². The quantitative estimate of drug-likeness (QED) is 0.675. The van der Waals surface area contributed by atoms with Gasteiger partial charge in [-0.15, -0.1) is 0 Å². The zero-order valence-electron chi connectivity index (χ0n) is 12.4. The van der Waals surface area contributed by atoms with Gasteiger partial charge in [0.15, 0.2) is 0 Å². The number of rotatable bonds is 5. The topological polar surface area (TPSA) is 51.2 Å². The molecule has 1 aromatic carbocycles. The molecule has 114 valence electrons. The van der Waals surface area contributed by atoms with Crippen LogP contribution in [0.25, 0.3) is 11.1 Å². The van der Waals surface area contributed by atoms with E-state index >= 15 is 0 Å². The summed E-state index contributed by atoms with van der Waals surface area (Å²) in [6.07, 6.45) is 3.93. The molecule has 22 heavy (non-hydrogen) atoms. The summed E-state index contributed by atoms with van der Waals surface area (Å²) in [5.41, 5.74) is 3.16. The Bertz CT molecular complexity index is 658. The number of anilines is 1. The lowest BCUT2D eigenvalue weighted by molar-refractivity contribution is -0.105. The number of aromatic nitrogens is 1. The average Bonchev–Trinajstić information content (AvgIpc) is 2.59. The number of thioether (sulfide) groups is 1. The van der Waals surface area contributed by atoms with E-state index in [1.807, 2.05) is 24.4 Å². The lowest BCUT2D eigenvalue weighted by Gasteiger charge is -2.27. The van der Waals surface area contributed by atoms with Crippen LogP contribution in [0.5, 0.6) is 5.75 Å². The molecule has 2 heterocycles. The van der Waals surface area contributed by atoms with Crippen LogP contribution in [0.3, 0.4) is 0 Å². The molecule has 1 aliphatic rings. The molecule has 1 atom stereocenters. The summed E-state index contributed by atoms with van der Waals surface area (Å²) >= 11 is 1.44. The Morgan fingerprint density at radius 1 is 1.36 bits per heavy atom. The van der Waals surface area contributed by atoms with Gasteiger partial charge in [-0.2, -0.15) is 0 Å². The summed E-state index contributed by atoms with van der Waals surface area (Å²) < 4.78 is 5.99. The van der Waals surface area contributed by atoms with Gasteiger partial charge in [-0.1, -0.05) is 30.8 Å². The van der Waals surface area contributed by atoms with Gasteiger partial charge in [0.25, 0.3) is 0 Å². The highest BCUT2D eigenvalue weighted by molar-refractivity contribution is 7.99. The van der Waals surface area contributed by atoms with Crippen LogP contribution in [0.1, 0.15) is 13.3 Å². The lowest BCUT2D eigenvalue weighted by Crippen LogP contribution is -2.29. The molecule has 1 unspecified atom stereocenters. The third-order valence-electron chi connectivity index (χ3n) is 3.62. The number of aldehydes is 1. The number of benzene rings is 1. The van der Waals surface area contributed by atoms with Crippen LogP contribution in [-0.2, 0) is 4.79 Å². The minimum atomic E-state index is 0.225. The number of hydrogen-bond acceptors (Lipinski definition) is 5. The largest absolute Gasteiger partial charge is 0.486 e. The first kappa shape index (κ1) is 14.9. The van der Waals surface area contributed by atoms with E-state index in [0.29, 0.717) is 5.75 Å². The first-order valence-corrected chi connectivity index (χ1v) is 8.36. The number of pyridine rings is 1. The highest BCUT2D eigenvalue weighted by Gasteiger charge is 2.18. The molecule has 1 N–H and O–H groups in total. The number of carbonyl (C=O) groups is 1. The normalized spacial score (nSPS) is 16.3. The van der Waals surface area contributed by atoms with Crippen molar-refractivity contribution in [3.8, 4) is 16.9 Å². The molecule has 3 rings (SSSR count). The second kappa shape index (κ2) is 6.83. The van der Waals surface area contributed by atoms with Crippen LogP contribution < -0.4 is 10.1 Å². The summed E-state index contributed by atoms with van der Waals surface area (Å²) in [5.74, 6) is 1.33. The molecule has 0 spiro atoms. The fraction of sp³-hybridized carbons (Fsp3) is 0.294. The van der Waals surface area contributed by atoms with Gasteiger partial charge in [0, 0.05) is 11.8 Å². The van der Waals surface area contributed by atoms with Crippen molar-refractivity contribution in [1.82, 2.24) is 4.98 Å². The van der Waals surface area contributed by atoms with Crippen LogP contribution in [0.4, 0.5) is 5.69 Å². The molecule has 2 aromatic rings. The van der Waals surface area contributed by atoms with Gasteiger partial charge in [-0.25, -0.2) is 4.98 Å². The van der Waals surface area contributed by atoms with E-state index < -0.39 is 0 Å². The van der Waals surface area contributed by atoms with Crippen molar-refractivity contribution >= 4 is 23.7 Å². The molecule has 0 saturated heterocycles. The number of carbonyl (C=O) groups excluding carboxylic acids is 1. The fourth-order valence-corrected chi connectivity index (χ4v) is 2.90. The molecule has 0 aliphatic carbocycles. The highest BCUT2D eigenvalue weighted by atomic mass is 32.2. The second-order valence-electron chi connectivity index (χ2n) is 5.10.